The summed E-state index contributed by atoms with van der Waals surface area (Å²) in [6.45, 7) is 4.34. The molecule has 0 unspecified atom stereocenters. The Morgan fingerprint density at radius 3 is 2.23 bits per heavy atom. The lowest BCUT2D eigenvalue weighted by molar-refractivity contribution is 0.243. The van der Waals surface area contributed by atoms with Crippen LogP contribution in [0.1, 0.15) is 11.6 Å². The van der Waals surface area contributed by atoms with Crippen molar-refractivity contribution in [3.8, 4) is 0 Å². The highest BCUT2D eigenvalue weighted by atomic mass is 19.1. The molecule has 1 atom stereocenters. The van der Waals surface area contributed by atoms with Gasteiger partial charge in [0.1, 0.15) is 5.82 Å². The predicted octanol–water partition coefficient (Wildman–Crippen LogP) is 2.65. The molecule has 0 aliphatic carbocycles. The first-order chi connectivity index (χ1) is 10.7. The van der Waals surface area contributed by atoms with E-state index in [0.29, 0.717) is 5.69 Å². The molecule has 2 N–H and O–H groups in total. The molecule has 1 aliphatic heterocycles. The predicted molar refractivity (Wildman–Crippen MR) is 88.4 cm³/mol. The summed E-state index contributed by atoms with van der Waals surface area (Å²) in [5, 5.41) is 0. The van der Waals surface area contributed by atoms with Gasteiger partial charge in [0.15, 0.2) is 0 Å². The molecule has 1 heterocycles. The van der Waals surface area contributed by atoms with Crippen LogP contribution >= 0.6 is 0 Å². The van der Waals surface area contributed by atoms with Gasteiger partial charge in [0.25, 0.3) is 0 Å². The minimum Gasteiger partial charge on any atom is -0.367 e. The molecule has 1 fully saturated rings. The lowest BCUT2D eigenvalue weighted by Gasteiger charge is -2.37. The van der Waals surface area contributed by atoms with Gasteiger partial charge in [-0.2, -0.15) is 0 Å². The normalized spacial score (nSPS) is 17.5. The van der Waals surface area contributed by atoms with Crippen LogP contribution in [0.4, 0.5) is 10.1 Å². The summed E-state index contributed by atoms with van der Waals surface area (Å²) in [6, 6.07) is 17.2. The van der Waals surface area contributed by atoms with Crippen molar-refractivity contribution in [2.75, 3.05) is 37.6 Å². The van der Waals surface area contributed by atoms with E-state index in [2.05, 4.69) is 21.9 Å². The lowest BCUT2D eigenvalue weighted by atomic mass is 10.1. The van der Waals surface area contributed by atoms with Gasteiger partial charge in [0, 0.05) is 38.8 Å². The molecule has 0 amide bonds. The molecule has 1 aliphatic rings. The fraction of sp³-hybridized carbons (Fsp3) is 0.333. The minimum atomic E-state index is -0.142. The van der Waals surface area contributed by atoms with Gasteiger partial charge in [0.2, 0.25) is 0 Å². The van der Waals surface area contributed by atoms with E-state index in [0.717, 1.165) is 32.7 Å². The van der Waals surface area contributed by atoms with E-state index in [1.807, 2.05) is 30.3 Å². The largest absolute Gasteiger partial charge is 0.367 e. The van der Waals surface area contributed by atoms with E-state index in [4.69, 9.17) is 5.73 Å². The second-order valence-electron chi connectivity index (χ2n) is 5.76. The molecule has 0 spiro atoms. The Hall–Kier alpha value is -1.91. The van der Waals surface area contributed by atoms with E-state index in [1.54, 1.807) is 6.07 Å². The molecule has 1 saturated heterocycles. The molecule has 116 valence electrons. The number of hydrogen-bond acceptors (Lipinski definition) is 3. The third-order valence-electron chi connectivity index (χ3n) is 4.25. The zero-order valence-electron chi connectivity index (χ0n) is 12.7. The van der Waals surface area contributed by atoms with Crippen LogP contribution in [0.5, 0.6) is 0 Å². The zero-order chi connectivity index (χ0) is 15.4. The maximum Gasteiger partial charge on any atom is 0.146 e. The van der Waals surface area contributed by atoms with Crippen molar-refractivity contribution in [3.63, 3.8) is 0 Å². The molecule has 3 rings (SSSR count). The van der Waals surface area contributed by atoms with Gasteiger partial charge in [-0.1, -0.05) is 42.5 Å². The van der Waals surface area contributed by atoms with Crippen LogP contribution in [0.15, 0.2) is 54.6 Å². The molecule has 0 bridgehead atoms. The summed E-state index contributed by atoms with van der Waals surface area (Å²) in [4.78, 5) is 4.47. The Morgan fingerprint density at radius 1 is 0.909 bits per heavy atom. The van der Waals surface area contributed by atoms with E-state index in [-0.39, 0.29) is 11.9 Å². The first kappa shape index (κ1) is 15.0. The van der Waals surface area contributed by atoms with E-state index in [9.17, 15) is 4.39 Å². The van der Waals surface area contributed by atoms with Crippen LogP contribution < -0.4 is 10.6 Å². The van der Waals surface area contributed by atoms with Crippen molar-refractivity contribution in [3.05, 3.63) is 66.0 Å². The van der Waals surface area contributed by atoms with Gasteiger partial charge in [-0.3, -0.25) is 4.90 Å². The first-order valence-corrected chi connectivity index (χ1v) is 7.76. The summed E-state index contributed by atoms with van der Waals surface area (Å²) in [7, 11) is 0. The standard InChI is InChI=1S/C18H22FN3/c19-16-8-4-5-9-18(16)22-12-10-21(11-13-22)14-17(20)15-6-2-1-3-7-15/h1-9,17H,10-14,20H2/t17-/m1/s1. The molecule has 0 aromatic heterocycles. The monoisotopic (exact) mass is 299 g/mol. The third-order valence-corrected chi connectivity index (χ3v) is 4.25. The van der Waals surface area contributed by atoms with Crippen LogP contribution in [0, 0.1) is 5.82 Å². The lowest BCUT2D eigenvalue weighted by Crippen LogP contribution is -2.48. The van der Waals surface area contributed by atoms with Crippen molar-refractivity contribution < 1.29 is 4.39 Å². The highest BCUT2D eigenvalue weighted by molar-refractivity contribution is 5.48. The summed E-state index contributed by atoms with van der Waals surface area (Å²) in [6.07, 6.45) is 0. The van der Waals surface area contributed by atoms with Gasteiger partial charge in [-0.15, -0.1) is 0 Å². The quantitative estimate of drug-likeness (QED) is 0.942. The van der Waals surface area contributed by atoms with Crippen molar-refractivity contribution in [2.24, 2.45) is 5.73 Å². The first-order valence-electron chi connectivity index (χ1n) is 7.76. The van der Waals surface area contributed by atoms with Crippen molar-refractivity contribution in [2.45, 2.75) is 6.04 Å². The third kappa shape index (κ3) is 3.46. The second-order valence-corrected chi connectivity index (χ2v) is 5.76. The molecule has 22 heavy (non-hydrogen) atoms. The molecule has 0 saturated carbocycles. The van der Waals surface area contributed by atoms with E-state index >= 15 is 0 Å². The Balaban J connectivity index is 1.55. The van der Waals surface area contributed by atoms with Crippen LogP contribution in [0.25, 0.3) is 0 Å². The van der Waals surface area contributed by atoms with Crippen molar-refractivity contribution in [1.29, 1.82) is 0 Å². The van der Waals surface area contributed by atoms with Gasteiger partial charge in [0.05, 0.1) is 5.69 Å². The molecule has 2 aromatic carbocycles. The second kappa shape index (κ2) is 6.90. The molecular formula is C18H22FN3. The number of nitrogens with zero attached hydrogens (tertiary/aromatic N) is 2. The number of piperazine rings is 1. The van der Waals surface area contributed by atoms with Crippen molar-refractivity contribution in [1.82, 2.24) is 4.90 Å². The highest BCUT2D eigenvalue weighted by Gasteiger charge is 2.20. The molecule has 4 heteroatoms. The van der Waals surface area contributed by atoms with Crippen LogP contribution in [-0.2, 0) is 0 Å². The van der Waals surface area contributed by atoms with E-state index < -0.39 is 0 Å². The summed E-state index contributed by atoms with van der Waals surface area (Å²) < 4.78 is 13.8. The number of hydrogen-bond donors (Lipinski definition) is 1. The summed E-state index contributed by atoms with van der Waals surface area (Å²) in [5.74, 6) is -0.142. The Morgan fingerprint density at radius 2 is 1.55 bits per heavy atom. The highest BCUT2D eigenvalue weighted by Crippen LogP contribution is 2.21. The number of para-hydroxylation sites is 1. The fourth-order valence-electron chi connectivity index (χ4n) is 2.96. The van der Waals surface area contributed by atoms with Gasteiger partial charge < -0.3 is 10.6 Å². The SMILES string of the molecule is N[C@H](CN1CCN(c2ccccc2F)CC1)c1ccccc1. The summed E-state index contributed by atoms with van der Waals surface area (Å²) in [5.41, 5.74) is 8.15. The van der Waals surface area contributed by atoms with E-state index in [1.165, 1.54) is 11.6 Å². The molecule has 3 nitrogen and oxygen atoms in total. The minimum absolute atomic E-state index is 0.0289. The van der Waals surface area contributed by atoms with Crippen LogP contribution in [-0.4, -0.2) is 37.6 Å². The maximum atomic E-state index is 13.8. The number of nitrogens with two attached hydrogens (primary N) is 1. The average Bonchev–Trinajstić information content (AvgIpc) is 2.57. The van der Waals surface area contributed by atoms with Gasteiger partial charge >= 0.3 is 0 Å². The Kier molecular flexibility index (Phi) is 4.71. The number of anilines is 1. The Bertz CT molecular complexity index is 594. The number of benzene rings is 2. The smallest absolute Gasteiger partial charge is 0.146 e. The van der Waals surface area contributed by atoms with Gasteiger partial charge in [-0.25, -0.2) is 4.39 Å². The number of halogens is 1. The maximum absolute atomic E-state index is 13.8. The van der Waals surface area contributed by atoms with Gasteiger partial charge in [-0.05, 0) is 17.7 Å². The Labute approximate surface area is 131 Å². The van der Waals surface area contributed by atoms with Crippen LogP contribution in [0.3, 0.4) is 0 Å². The topological polar surface area (TPSA) is 32.5 Å². The van der Waals surface area contributed by atoms with Crippen LogP contribution in [0.2, 0.25) is 0 Å². The zero-order valence-corrected chi connectivity index (χ0v) is 12.7. The average molecular weight is 299 g/mol. The molecular weight excluding hydrogens is 277 g/mol. The fourth-order valence-corrected chi connectivity index (χ4v) is 2.96. The number of rotatable bonds is 4. The molecule has 0 radical (unpaired) electrons. The molecule has 2 aromatic rings. The van der Waals surface area contributed by atoms with Crippen molar-refractivity contribution >= 4 is 5.69 Å². The summed E-state index contributed by atoms with van der Waals surface area (Å²) >= 11 is 0.